The number of carboxylic acids is 1. The van der Waals surface area contributed by atoms with Crippen molar-refractivity contribution in [3.05, 3.63) is 34.3 Å². The Morgan fingerprint density at radius 1 is 1.21 bits per heavy atom. The monoisotopic (exact) mass is 325 g/mol. The van der Waals surface area contributed by atoms with Gasteiger partial charge in [-0.3, -0.25) is 9.59 Å². The highest BCUT2D eigenvalue weighted by Crippen LogP contribution is 2.33. The van der Waals surface area contributed by atoms with Crippen LogP contribution in [0.3, 0.4) is 0 Å². The van der Waals surface area contributed by atoms with Crippen LogP contribution in [0.5, 0.6) is 0 Å². The normalized spacial score (nSPS) is 17.1. The summed E-state index contributed by atoms with van der Waals surface area (Å²) in [5, 5.41) is 11.9. The number of halogens is 1. The van der Waals surface area contributed by atoms with Crippen LogP contribution in [-0.2, 0) is 4.79 Å². The van der Waals surface area contributed by atoms with E-state index >= 15 is 0 Å². The van der Waals surface area contributed by atoms with Gasteiger partial charge in [-0.2, -0.15) is 0 Å². The second kappa shape index (κ2) is 5.74. The molecule has 1 aliphatic carbocycles. The standard InChI is InChI=1S/C14H16BrNO3/c15-11-5-3-10(4-6-11)13(19)16-14(9-12(17)18)7-1-2-8-14/h3-6H,1-2,7-9H2,(H,16,19)(H,17,18). The molecule has 0 aromatic heterocycles. The van der Waals surface area contributed by atoms with Crippen LogP contribution in [-0.4, -0.2) is 22.5 Å². The summed E-state index contributed by atoms with van der Waals surface area (Å²) in [5.74, 6) is -1.06. The zero-order valence-corrected chi connectivity index (χ0v) is 12.1. The SMILES string of the molecule is O=C(O)CC1(NC(=O)c2ccc(Br)cc2)CCCC1. The van der Waals surface area contributed by atoms with Crippen LogP contribution in [0.25, 0.3) is 0 Å². The van der Waals surface area contributed by atoms with Crippen molar-refractivity contribution in [1.29, 1.82) is 0 Å². The van der Waals surface area contributed by atoms with Crippen LogP contribution in [0.4, 0.5) is 0 Å². The molecule has 2 rings (SSSR count). The van der Waals surface area contributed by atoms with E-state index in [1.807, 2.05) is 0 Å². The van der Waals surface area contributed by atoms with Crippen molar-refractivity contribution in [2.24, 2.45) is 0 Å². The third kappa shape index (κ3) is 3.56. The lowest BCUT2D eigenvalue weighted by Crippen LogP contribution is -2.47. The fraction of sp³-hybridized carbons (Fsp3) is 0.429. The summed E-state index contributed by atoms with van der Waals surface area (Å²) >= 11 is 3.32. The maximum atomic E-state index is 12.2. The first-order chi connectivity index (χ1) is 9.01. The van der Waals surface area contributed by atoms with Gasteiger partial charge in [0.15, 0.2) is 0 Å². The molecule has 0 heterocycles. The van der Waals surface area contributed by atoms with Gasteiger partial charge in [0.05, 0.1) is 12.0 Å². The molecule has 4 nitrogen and oxygen atoms in total. The van der Waals surface area contributed by atoms with Crippen molar-refractivity contribution in [3.8, 4) is 0 Å². The molecule has 0 unspecified atom stereocenters. The van der Waals surface area contributed by atoms with Crippen LogP contribution in [0.15, 0.2) is 28.7 Å². The van der Waals surface area contributed by atoms with E-state index in [9.17, 15) is 9.59 Å². The lowest BCUT2D eigenvalue weighted by Gasteiger charge is -2.28. The zero-order valence-electron chi connectivity index (χ0n) is 10.5. The summed E-state index contributed by atoms with van der Waals surface area (Å²) in [4.78, 5) is 23.1. The minimum atomic E-state index is -0.863. The highest BCUT2D eigenvalue weighted by Gasteiger charge is 2.37. The highest BCUT2D eigenvalue weighted by atomic mass is 79.9. The minimum absolute atomic E-state index is 0.00469. The van der Waals surface area contributed by atoms with Gasteiger partial charge in [0.25, 0.3) is 5.91 Å². The first kappa shape index (κ1) is 14.1. The summed E-state index contributed by atoms with van der Waals surface area (Å²) in [7, 11) is 0. The van der Waals surface area contributed by atoms with E-state index in [1.165, 1.54) is 0 Å². The predicted molar refractivity (Wildman–Crippen MR) is 75.1 cm³/mol. The Hall–Kier alpha value is -1.36. The lowest BCUT2D eigenvalue weighted by molar-refractivity contribution is -0.138. The zero-order chi connectivity index (χ0) is 13.9. The second-order valence-corrected chi connectivity index (χ2v) is 5.93. The van der Waals surface area contributed by atoms with Crippen LogP contribution in [0, 0.1) is 0 Å². The average molecular weight is 326 g/mol. The molecule has 0 saturated heterocycles. The second-order valence-electron chi connectivity index (χ2n) is 5.02. The molecular formula is C14H16BrNO3. The van der Waals surface area contributed by atoms with E-state index in [0.29, 0.717) is 5.56 Å². The predicted octanol–water partition coefficient (Wildman–Crippen LogP) is 2.97. The van der Waals surface area contributed by atoms with Gasteiger partial charge in [-0.25, -0.2) is 0 Å². The first-order valence-electron chi connectivity index (χ1n) is 6.31. The van der Waals surface area contributed by atoms with Crippen molar-refractivity contribution < 1.29 is 14.7 Å². The van der Waals surface area contributed by atoms with Gasteiger partial charge in [-0.05, 0) is 37.1 Å². The number of aliphatic carboxylic acids is 1. The summed E-state index contributed by atoms with van der Waals surface area (Å²) in [6.07, 6.45) is 3.40. The molecule has 0 aliphatic heterocycles. The fourth-order valence-corrected chi connectivity index (χ4v) is 2.87. The van der Waals surface area contributed by atoms with Gasteiger partial charge in [0.1, 0.15) is 0 Å². The van der Waals surface area contributed by atoms with E-state index in [4.69, 9.17) is 5.11 Å². The third-order valence-electron chi connectivity index (χ3n) is 3.54. The topological polar surface area (TPSA) is 66.4 Å². The molecule has 2 N–H and O–H groups in total. The summed E-state index contributed by atoms with van der Waals surface area (Å²) in [6, 6.07) is 7.05. The van der Waals surface area contributed by atoms with E-state index in [0.717, 1.165) is 30.2 Å². The Labute approximate surface area is 120 Å². The third-order valence-corrected chi connectivity index (χ3v) is 4.06. The van der Waals surface area contributed by atoms with Gasteiger partial charge in [-0.15, -0.1) is 0 Å². The van der Waals surface area contributed by atoms with Gasteiger partial charge in [-0.1, -0.05) is 28.8 Å². The number of rotatable bonds is 4. The molecule has 0 radical (unpaired) electrons. The number of benzene rings is 1. The largest absolute Gasteiger partial charge is 0.481 e. The number of nitrogens with one attached hydrogen (secondary N) is 1. The van der Waals surface area contributed by atoms with Crippen LogP contribution < -0.4 is 5.32 Å². The van der Waals surface area contributed by atoms with Crippen LogP contribution in [0.2, 0.25) is 0 Å². The molecule has 1 fully saturated rings. The minimum Gasteiger partial charge on any atom is -0.481 e. The lowest BCUT2D eigenvalue weighted by atomic mass is 9.92. The quantitative estimate of drug-likeness (QED) is 0.894. The van der Waals surface area contributed by atoms with E-state index in [2.05, 4.69) is 21.2 Å². The van der Waals surface area contributed by atoms with Crippen molar-refractivity contribution in [3.63, 3.8) is 0 Å². The molecule has 1 aromatic rings. The Morgan fingerprint density at radius 2 is 1.79 bits per heavy atom. The van der Waals surface area contributed by atoms with Crippen molar-refractivity contribution in [2.75, 3.05) is 0 Å². The highest BCUT2D eigenvalue weighted by molar-refractivity contribution is 9.10. The molecule has 0 bridgehead atoms. The van der Waals surface area contributed by atoms with Crippen LogP contribution in [0.1, 0.15) is 42.5 Å². The Kier molecular flexibility index (Phi) is 4.24. The number of carbonyl (C=O) groups excluding carboxylic acids is 1. The van der Waals surface area contributed by atoms with Gasteiger partial charge >= 0.3 is 5.97 Å². The van der Waals surface area contributed by atoms with Gasteiger partial charge < -0.3 is 10.4 Å². The van der Waals surface area contributed by atoms with E-state index in [-0.39, 0.29) is 12.3 Å². The Balaban J connectivity index is 2.11. The fourth-order valence-electron chi connectivity index (χ4n) is 2.60. The summed E-state index contributed by atoms with van der Waals surface area (Å²) in [5.41, 5.74) is -0.0180. The molecule has 1 amide bonds. The maximum absolute atomic E-state index is 12.2. The van der Waals surface area contributed by atoms with Gasteiger partial charge in [0, 0.05) is 10.0 Å². The average Bonchev–Trinajstić information content (AvgIpc) is 2.77. The number of carboxylic acid groups (broad SMARTS) is 1. The van der Waals surface area contributed by atoms with Crippen molar-refractivity contribution in [2.45, 2.75) is 37.6 Å². The smallest absolute Gasteiger partial charge is 0.305 e. The molecule has 102 valence electrons. The first-order valence-corrected chi connectivity index (χ1v) is 7.10. The Bertz CT molecular complexity index is 478. The Morgan fingerprint density at radius 3 is 2.32 bits per heavy atom. The number of hydrogen-bond acceptors (Lipinski definition) is 2. The molecule has 0 spiro atoms. The van der Waals surface area contributed by atoms with Crippen molar-refractivity contribution >= 4 is 27.8 Å². The van der Waals surface area contributed by atoms with Crippen LogP contribution >= 0.6 is 15.9 Å². The molecular weight excluding hydrogens is 310 g/mol. The number of amides is 1. The van der Waals surface area contributed by atoms with E-state index in [1.54, 1.807) is 24.3 Å². The van der Waals surface area contributed by atoms with Crippen molar-refractivity contribution in [1.82, 2.24) is 5.32 Å². The molecule has 0 atom stereocenters. The summed E-state index contributed by atoms with van der Waals surface area (Å²) in [6.45, 7) is 0. The molecule has 1 aliphatic rings. The van der Waals surface area contributed by atoms with Gasteiger partial charge in [0.2, 0.25) is 0 Å². The molecule has 1 aromatic carbocycles. The van der Waals surface area contributed by atoms with E-state index < -0.39 is 11.5 Å². The number of carbonyl (C=O) groups is 2. The summed E-state index contributed by atoms with van der Waals surface area (Å²) < 4.78 is 0.908. The maximum Gasteiger partial charge on any atom is 0.305 e. The molecule has 5 heteroatoms. The molecule has 1 saturated carbocycles. The molecule has 19 heavy (non-hydrogen) atoms. The number of hydrogen-bond donors (Lipinski definition) is 2.